The maximum absolute atomic E-state index is 13.7. The van der Waals surface area contributed by atoms with Crippen LogP contribution in [0.4, 0.5) is 13.2 Å². The molecule has 1 aliphatic heterocycles. The number of sulfonamides is 1. The van der Waals surface area contributed by atoms with Gasteiger partial charge in [-0.15, -0.1) is 0 Å². The summed E-state index contributed by atoms with van der Waals surface area (Å²) in [6, 6.07) is 12.8. The number of nitrogens with zero attached hydrogens (tertiary/aromatic N) is 1. The molecular weight excluding hydrogens is 623 g/mol. The molecule has 46 heavy (non-hydrogen) atoms. The molecule has 1 aliphatic carbocycles. The topological polar surface area (TPSA) is 117 Å². The van der Waals surface area contributed by atoms with Gasteiger partial charge in [0.2, 0.25) is 15.9 Å². The third kappa shape index (κ3) is 10.0. The van der Waals surface area contributed by atoms with E-state index in [9.17, 15) is 31.5 Å². The van der Waals surface area contributed by atoms with Crippen LogP contribution in [0, 0.1) is 0 Å². The van der Waals surface area contributed by atoms with Crippen molar-refractivity contribution in [1.29, 1.82) is 0 Å². The van der Waals surface area contributed by atoms with Gasteiger partial charge in [-0.25, -0.2) is 8.42 Å². The summed E-state index contributed by atoms with van der Waals surface area (Å²) in [5, 5.41) is 17.7. The number of amides is 1. The van der Waals surface area contributed by atoms with Gasteiger partial charge in [-0.2, -0.15) is 17.5 Å². The van der Waals surface area contributed by atoms with Crippen molar-refractivity contribution < 1.29 is 41.0 Å². The zero-order chi connectivity index (χ0) is 33.5. The summed E-state index contributed by atoms with van der Waals surface area (Å²) in [5.41, 5.74) is 2.85. The molecule has 0 fully saturated rings. The van der Waals surface area contributed by atoms with E-state index in [2.05, 4.69) is 10.6 Å². The first-order valence-corrected chi connectivity index (χ1v) is 17.2. The molecule has 0 saturated carbocycles. The van der Waals surface area contributed by atoms with Gasteiger partial charge in [0, 0.05) is 19.6 Å². The van der Waals surface area contributed by atoms with Crippen molar-refractivity contribution in [3.63, 3.8) is 0 Å². The van der Waals surface area contributed by atoms with Crippen molar-refractivity contribution in [3.05, 3.63) is 77.4 Å². The van der Waals surface area contributed by atoms with Crippen LogP contribution in [0.5, 0.6) is 5.75 Å². The number of β-amino-alcohol motifs (C(OH)–C–C–N with tert-alkyl or cyclic N) is 1. The lowest BCUT2D eigenvalue weighted by molar-refractivity contribution is -0.130. The number of aliphatic hydroxyl groups is 1. The second-order valence-electron chi connectivity index (χ2n) is 12.1. The molecule has 1 heterocycles. The van der Waals surface area contributed by atoms with Crippen LogP contribution < -0.4 is 15.4 Å². The number of alkyl halides is 3. The molecule has 5 atom stereocenters. The average Bonchev–Trinajstić information content (AvgIpc) is 3.33. The minimum Gasteiger partial charge on any atom is -0.491 e. The minimum atomic E-state index is -4.67. The van der Waals surface area contributed by atoms with Crippen LogP contribution in [0.3, 0.4) is 0 Å². The van der Waals surface area contributed by atoms with Gasteiger partial charge in [-0.3, -0.25) is 4.79 Å². The monoisotopic (exact) mass is 667 g/mol. The van der Waals surface area contributed by atoms with Gasteiger partial charge in [-0.05, 0) is 68.4 Å². The highest BCUT2D eigenvalue weighted by Gasteiger charge is 2.37. The third-order valence-corrected chi connectivity index (χ3v) is 10.1. The number of aliphatic hydroxyl groups excluding tert-OH is 1. The van der Waals surface area contributed by atoms with Crippen molar-refractivity contribution >= 4 is 15.9 Å². The van der Waals surface area contributed by atoms with Gasteiger partial charge in [0.15, 0.2) is 0 Å². The molecule has 3 N–H and O–H groups in total. The predicted octanol–water partition coefficient (Wildman–Crippen LogP) is 4.59. The van der Waals surface area contributed by atoms with Crippen LogP contribution >= 0.6 is 0 Å². The van der Waals surface area contributed by atoms with Gasteiger partial charge in [0.25, 0.3) is 0 Å². The van der Waals surface area contributed by atoms with Crippen LogP contribution in [0.2, 0.25) is 0 Å². The fourth-order valence-corrected chi connectivity index (χ4v) is 7.19. The van der Waals surface area contributed by atoms with E-state index >= 15 is 0 Å². The summed E-state index contributed by atoms with van der Waals surface area (Å²) >= 11 is 0. The molecule has 1 amide bonds. The molecule has 0 spiro atoms. The quantitative estimate of drug-likeness (QED) is 0.353. The van der Waals surface area contributed by atoms with E-state index in [1.807, 2.05) is 62.4 Å². The van der Waals surface area contributed by atoms with Crippen LogP contribution in [0.25, 0.3) is 0 Å². The van der Waals surface area contributed by atoms with E-state index in [0.717, 1.165) is 33.8 Å². The second kappa shape index (κ2) is 15.7. The summed E-state index contributed by atoms with van der Waals surface area (Å²) in [6.45, 7) is 4.25. The lowest BCUT2D eigenvalue weighted by Gasteiger charge is -2.31. The van der Waals surface area contributed by atoms with Crippen LogP contribution in [0.1, 0.15) is 68.4 Å². The summed E-state index contributed by atoms with van der Waals surface area (Å²) in [6.07, 6.45) is -2.80. The standard InChI is InChI=1S/C33H44F3N3O6S/c1-22(2)45-24-13-14-25-26(19-24)27-20-31(25)44-16-9-5-8-12-29(39(3)46(42,43)17-15-33(34,35)36)32(41)38-28(30(40)21-37-27)18-23-10-6-4-7-11-23/h4-7,9-11,13-14,19,22,27-31,37,40H,8,12,15-18,20-21H2,1-3H3,(H,38,41)/t27-,28-,29-,30+,31+/m0/s1. The number of ether oxygens (including phenoxy) is 2. The SMILES string of the molecule is CC(C)Oc1ccc2c(c1)[C@@H]1C[C@H]2OCC=CCC[C@H](N(C)S(=O)(=O)CCC(F)(F)F)C(=O)N[C@@H](Cc2ccccc2)[C@H](O)CN1. The van der Waals surface area contributed by atoms with Crippen LogP contribution in [-0.2, 0) is 26.0 Å². The Labute approximate surface area is 269 Å². The highest BCUT2D eigenvalue weighted by molar-refractivity contribution is 7.89. The molecule has 0 saturated heterocycles. The van der Waals surface area contributed by atoms with Gasteiger partial charge >= 0.3 is 6.18 Å². The number of carbonyl (C=O) groups is 1. The number of hydrogen-bond donors (Lipinski definition) is 3. The Hall–Kier alpha value is -2.97. The number of benzene rings is 2. The number of allylic oxidation sites excluding steroid dienone is 1. The lowest BCUT2D eigenvalue weighted by Crippen LogP contribution is -2.55. The normalized spacial score (nSPS) is 25.0. The molecule has 2 aromatic carbocycles. The number of carbonyl (C=O) groups excluding carboxylic acids is 1. The molecule has 2 bridgehead atoms. The molecular formula is C33H44F3N3O6S. The Morgan fingerprint density at radius 1 is 1.11 bits per heavy atom. The fourth-order valence-electron chi connectivity index (χ4n) is 5.82. The third-order valence-electron chi connectivity index (χ3n) is 8.26. The average molecular weight is 668 g/mol. The highest BCUT2D eigenvalue weighted by atomic mass is 32.2. The summed E-state index contributed by atoms with van der Waals surface area (Å²) in [5.74, 6) is -1.15. The Balaban J connectivity index is 1.62. The largest absolute Gasteiger partial charge is 0.491 e. The number of rotatable bonds is 8. The lowest BCUT2D eigenvalue weighted by atomic mass is 9.99. The second-order valence-corrected chi connectivity index (χ2v) is 14.3. The number of hydrogen-bond acceptors (Lipinski definition) is 7. The van der Waals surface area contributed by atoms with E-state index in [-0.39, 0.29) is 50.7 Å². The molecule has 2 aliphatic rings. The van der Waals surface area contributed by atoms with Crippen molar-refractivity contribution in [2.75, 3.05) is 26.0 Å². The molecule has 0 radical (unpaired) electrons. The fraction of sp³-hybridized carbons (Fsp3) is 0.545. The Morgan fingerprint density at radius 2 is 1.85 bits per heavy atom. The van der Waals surface area contributed by atoms with Crippen molar-refractivity contribution in [2.45, 2.75) is 88.6 Å². The predicted molar refractivity (Wildman–Crippen MR) is 169 cm³/mol. The van der Waals surface area contributed by atoms with Crippen molar-refractivity contribution in [2.24, 2.45) is 0 Å². The van der Waals surface area contributed by atoms with E-state index in [1.165, 1.54) is 0 Å². The molecule has 9 nitrogen and oxygen atoms in total. The smallest absolute Gasteiger partial charge is 0.390 e. The van der Waals surface area contributed by atoms with Crippen molar-refractivity contribution in [1.82, 2.24) is 14.9 Å². The van der Waals surface area contributed by atoms with Crippen molar-refractivity contribution in [3.8, 4) is 5.75 Å². The molecule has 254 valence electrons. The maximum atomic E-state index is 13.7. The van der Waals surface area contributed by atoms with Gasteiger partial charge < -0.3 is 25.2 Å². The van der Waals surface area contributed by atoms with Gasteiger partial charge in [0.05, 0.1) is 43.1 Å². The van der Waals surface area contributed by atoms with E-state index in [0.29, 0.717) is 6.42 Å². The highest BCUT2D eigenvalue weighted by Crippen LogP contribution is 2.42. The number of nitrogens with one attached hydrogen (secondary N) is 2. The number of likely N-dealkylation sites (N-methyl/N-ethyl adjacent to an activating group) is 1. The molecule has 2 aromatic rings. The van der Waals surface area contributed by atoms with Gasteiger partial charge in [-0.1, -0.05) is 48.6 Å². The molecule has 13 heteroatoms. The van der Waals surface area contributed by atoms with E-state index < -0.39 is 52.5 Å². The minimum absolute atomic E-state index is 0.01000. The van der Waals surface area contributed by atoms with Gasteiger partial charge in [0.1, 0.15) is 11.8 Å². The molecule has 0 unspecified atom stereocenters. The first-order chi connectivity index (χ1) is 21.7. The number of halogens is 3. The molecule has 0 aromatic heterocycles. The van der Waals surface area contributed by atoms with E-state index in [1.54, 1.807) is 12.2 Å². The van der Waals surface area contributed by atoms with Crippen LogP contribution in [-0.4, -0.2) is 80.2 Å². The Morgan fingerprint density at radius 3 is 2.54 bits per heavy atom. The summed E-state index contributed by atoms with van der Waals surface area (Å²) in [4.78, 5) is 13.7. The summed E-state index contributed by atoms with van der Waals surface area (Å²) in [7, 11) is -3.31. The number of fused-ring (bicyclic) bond motifs is 5. The zero-order valence-electron chi connectivity index (χ0n) is 26.4. The first kappa shape index (κ1) is 35.9. The van der Waals surface area contributed by atoms with Crippen LogP contribution in [0.15, 0.2) is 60.7 Å². The zero-order valence-corrected chi connectivity index (χ0v) is 27.2. The first-order valence-electron chi connectivity index (χ1n) is 15.6. The Bertz CT molecular complexity index is 1440. The van der Waals surface area contributed by atoms with E-state index in [4.69, 9.17) is 9.47 Å². The Kier molecular flexibility index (Phi) is 12.3. The maximum Gasteiger partial charge on any atom is 0.390 e. The summed E-state index contributed by atoms with van der Waals surface area (Å²) < 4.78 is 77.4. The molecule has 4 rings (SSSR count).